The van der Waals surface area contributed by atoms with Crippen molar-refractivity contribution in [3.8, 4) is 0 Å². The first kappa shape index (κ1) is 19.2. The van der Waals surface area contributed by atoms with Crippen molar-refractivity contribution in [3.05, 3.63) is 0 Å². The lowest BCUT2D eigenvalue weighted by Crippen LogP contribution is -2.55. The van der Waals surface area contributed by atoms with E-state index < -0.39 is 41.8 Å². The number of hydrogen-bond acceptors (Lipinski definition) is 6. The van der Waals surface area contributed by atoms with Gasteiger partial charge in [0.2, 0.25) is 17.7 Å². The standard InChI is InChI=1S/C13H22N4O5S/c14-7(3-4-10(15)18)11(19)16-8(6-23)12(20)17-5-1-2-9(17)13(21)22/h7-9,23H,1-6,14H2,(H2,15,18)(H,16,19)(H,21,22)/t7-,8-,9+/m0/s1. The number of nitrogens with two attached hydrogens (primary N) is 2. The van der Waals surface area contributed by atoms with Gasteiger partial charge in [-0.2, -0.15) is 12.6 Å². The summed E-state index contributed by atoms with van der Waals surface area (Å²) in [6.07, 6.45) is 0.998. The number of hydrogen-bond donors (Lipinski definition) is 5. The number of carbonyl (C=O) groups excluding carboxylic acids is 3. The van der Waals surface area contributed by atoms with Gasteiger partial charge in [-0.05, 0) is 19.3 Å². The van der Waals surface area contributed by atoms with Crippen LogP contribution in [-0.4, -0.2) is 64.1 Å². The van der Waals surface area contributed by atoms with Gasteiger partial charge in [0.15, 0.2) is 0 Å². The van der Waals surface area contributed by atoms with Gasteiger partial charge < -0.3 is 26.8 Å². The van der Waals surface area contributed by atoms with Crippen molar-refractivity contribution in [1.29, 1.82) is 0 Å². The topological polar surface area (TPSA) is 156 Å². The number of aliphatic carboxylic acids is 1. The highest BCUT2D eigenvalue weighted by atomic mass is 32.1. The van der Waals surface area contributed by atoms with Gasteiger partial charge in [-0.25, -0.2) is 4.79 Å². The number of nitrogens with one attached hydrogen (secondary N) is 1. The van der Waals surface area contributed by atoms with Crippen LogP contribution < -0.4 is 16.8 Å². The molecule has 23 heavy (non-hydrogen) atoms. The van der Waals surface area contributed by atoms with Gasteiger partial charge in [0, 0.05) is 18.7 Å². The number of carboxylic acid groups (broad SMARTS) is 1. The summed E-state index contributed by atoms with van der Waals surface area (Å²) in [4.78, 5) is 47.4. The number of amides is 3. The molecule has 3 atom stereocenters. The lowest BCUT2D eigenvalue weighted by molar-refractivity contribution is -0.149. The third-order valence-corrected chi connectivity index (χ3v) is 4.02. The molecule has 0 radical (unpaired) electrons. The van der Waals surface area contributed by atoms with Crippen molar-refractivity contribution < 1.29 is 24.3 Å². The Morgan fingerprint density at radius 3 is 2.52 bits per heavy atom. The summed E-state index contributed by atoms with van der Waals surface area (Å²) >= 11 is 4.03. The molecule has 0 bridgehead atoms. The van der Waals surface area contributed by atoms with E-state index in [0.29, 0.717) is 19.4 Å². The van der Waals surface area contributed by atoms with Crippen molar-refractivity contribution in [3.63, 3.8) is 0 Å². The Kier molecular flexibility index (Phi) is 7.30. The normalized spacial score (nSPS) is 19.9. The lowest BCUT2D eigenvalue weighted by atomic mass is 10.1. The smallest absolute Gasteiger partial charge is 0.326 e. The molecule has 0 unspecified atom stereocenters. The predicted molar refractivity (Wildman–Crippen MR) is 84.6 cm³/mol. The second-order valence-corrected chi connectivity index (χ2v) is 5.75. The molecule has 0 aromatic rings. The van der Waals surface area contributed by atoms with Crippen LogP contribution in [0.4, 0.5) is 0 Å². The highest BCUT2D eigenvalue weighted by Crippen LogP contribution is 2.18. The van der Waals surface area contributed by atoms with Crippen molar-refractivity contribution >= 4 is 36.3 Å². The maximum absolute atomic E-state index is 12.4. The van der Waals surface area contributed by atoms with E-state index in [1.807, 2.05) is 0 Å². The van der Waals surface area contributed by atoms with Gasteiger partial charge >= 0.3 is 5.97 Å². The van der Waals surface area contributed by atoms with Gasteiger partial charge in [0.1, 0.15) is 12.1 Å². The van der Waals surface area contributed by atoms with E-state index in [0.717, 1.165) is 0 Å². The predicted octanol–water partition coefficient (Wildman–Crippen LogP) is -1.93. The zero-order valence-electron chi connectivity index (χ0n) is 12.6. The molecular weight excluding hydrogens is 324 g/mol. The van der Waals surface area contributed by atoms with Crippen LogP contribution in [0.2, 0.25) is 0 Å². The first-order valence-corrected chi connectivity index (χ1v) is 7.89. The van der Waals surface area contributed by atoms with Crippen LogP contribution in [0.3, 0.4) is 0 Å². The average Bonchev–Trinajstić information content (AvgIpc) is 2.98. The number of likely N-dealkylation sites (tertiary alicyclic amines) is 1. The molecule has 0 aliphatic carbocycles. The summed E-state index contributed by atoms with van der Waals surface area (Å²) in [5, 5.41) is 11.6. The van der Waals surface area contributed by atoms with Crippen LogP contribution in [0.5, 0.6) is 0 Å². The number of primary amides is 1. The van der Waals surface area contributed by atoms with E-state index in [1.54, 1.807) is 0 Å². The molecule has 3 amide bonds. The van der Waals surface area contributed by atoms with Crippen LogP contribution in [0.25, 0.3) is 0 Å². The molecule has 0 spiro atoms. The maximum atomic E-state index is 12.4. The van der Waals surface area contributed by atoms with E-state index in [2.05, 4.69) is 17.9 Å². The fraction of sp³-hybridized carbons (Fsp3) is 0.692. The van der Waals surface area contributed by atoms with Gasteiger partial charge in [0.25, 0.3) is 0 Å². The fourth-order valence-electron chi connectivity index (χ4n) is 2.38. The molecule has 1 rings (SSSR count). The van der Waals surface area contributed by atoms with Gasteiger partial charge in [0.05, 0.1) is 6.04 Å². The molecule has 1 heterocycles. The first-order chi connectivity index (χ1) is 10.8. The van der Waals surface area contributed by atoms with Crippen LogP contribution in [0, 0.1) is 0 Å². The number of carboxylic acids is 1. The van der Waals surface area contributed by atoms with Crippen LogP contribution in [0.15, 0.2) is 0 Å². The Morgan fingerprint density at radius 1 is 1.35 bits per heavy atom. The summed E-state index contributed by atoms with van der Waals surface area (Å²) in [5.41, 5.74) is 10.6. The van der Waals surface area contributed by atoms with E-state index in [9.17, 15) is 19.2 Å². The third-order valence-electron chi connectivity index (χ3n) is 3.66. The Morgan fingerprint density at radius 2 is 2.00 bits per heavy atom. The molecule has 1 aliphatic rings. The number of carbonyl (C=O) groups is 4. The second-order valence-electron chi connectivity index (χ2n) is 5.38. The molecule has 0 aromatic heterocycles. The number of nitrogens with zero attached hydrogens (tertiary/aromatic N) is 1. The quantitative estimate of drug-likeness (QED) is 0.322. The minimum Gasteiger partial charge on any atom is -0.480 e. The Balaban J connectivity index is 2.65. The van der Waals surface area contributed by atoms with Crippen LogP contribution >= 0.6 is 12.6 Å². The molecule has 1 aliphatic heterocycles. The van der Waals surface area contributed by atoms with Crippen molar-refractivity contribution in [1.82, 2.24) is 10.2 Å². The van der Waals surface area contributed by atoms with E-state index in [1.165, 1.54) is 4.90 Å². The number of thiol groups is 1. The van der Waals surface area contributed by atoms with Crippen LogP contribution in [0.1, 0.15) is 25.7 Å². The molecule has 10 heteroatoms. The minimum absolute atomic E-state index is 0.00987. The van der Waals surface area contributed by atoms with Crippen molar-refractivity contribution in [2.24, 2.45) is 11.5 Å². The summed E-state index contributed by atoms with van der Waals surface area (Å²) in [6, 6.07) is -2.83. The third kappa shape index (κ3) is 5.39. The van der Waals surface area contributed by atoms with Gasteiger partial charge in [-0.1, -0.05) is 0 Å². The van der Waals surface area contributed by atoms with Crippen LogP contribution in [-0.2, 0) is 19.2 Å². The lowest BCUT2D eigenvalue weighted by Gasteiger charge is -2.27. The van der Waals surface area contributed by atoms with E-state index in [-0.39, 0.29) is 18.6 Å². The summed E-state index contributed by atoms with van der Waals surface area (Å²) < 4.78 is 0. The molecule has 1 fully saturated rings. The molecule has 6 N–H and O–H groups in total. The summed E-state index contributed by atoms with van der Waals surface area (Å²) in [7, 11) is 0. The minimum atomic E-state index is -1.07. The molecule has 9 nitrogen and oxygen atoms in total. The SMILES string of the molecule is NC(=O)CC[C@H](N)C(=O)N[C@@H](CS)C(=O)N1CCC[C@@H]1C(=O)O. The molecule has 130 valence electrons. The van der Waals surface area contributed by atoms with E-state index >= 15 is 0 Å². The monoisotopic (exact) mass is 346 g/mol. The molecule has 1 saturated heterocycles. The highest BCUT2D eigenvalue weighted by molar-refractivity contribution is 7.80. The zero-order valence-corrected chi connectivity index (χ0v) is 13.5. The van der Waals surface area contributed by atoms with Crippen molar-refractivity contribution in [2.75, 3.05) is 12.3 Å². The van der Waals surface area contributed by atoms with Gasteiger partial charge in [-0.15, -0.1) is 0 Å². The number of rotatable bonds is 8. The largest absolute Gasteiger partial charge is 0.480 e. The fourth-order valence-corrected chi connectivity index (χ4v) is 2.63. The second kappa shape index (κ2) is 8.73. The molecular formula is C13H22N4O5S. The van der Waals surface area contributed by atoms with Gasteiger partial charge in [-0.3, -0.25) is 14.4 Å². The summed E-state index contributed by atoms with van der Waals surface area (Å²) in [6.45, 7) is 0.323. The zero-order chi connectivity index (χ0) is 17.6. The Labute approximate surface area is 139 Å². The highest BCUT2D eigenvalue weighted by Gasteiger charge is 2.37. The Bertz CT molecular complexity index is 487. The Hall–Kier alpha value is -1.81. The van der Waals surface area contributed by atoms with E-state index in [4.69, 9.17) is 16.6 Å². The van der Waals surface area contributed by atoms with Crippen molar-refractivity contribution in [2.45, 2.75) is 43.8 Å². The molecule has 0 saturated carbocycles. The maximum Gasteiger partial charge on any atom is 0.326 e. The first-order valence-electron chi connectivity index (χ1n) is 7.26. The summed E-state index contributed by atoms with van der Waals surface area (Å²) in [5.74, 6) is -2.74. The molecule has 0 aromatic carbocycles. The average molecular weight is 346 g/mol.